The SMILES string of the molecule is CCSc1ccccc1C(=O)Nc1ccc2c(c1)CCC(=O)N2C. The van der Waals surface area contributed by atoms with Gasteiger partial charge in [0.25, 0.3) is 5.91 Å². The van der Waals surface area contributed by atoms with Crippen LogP contribution in [0.1, 0.15) is 29.3 Å². The number of thioether (sulfide) groups is 1. The van der Waals surface area contributed by atoms with Crippen molar-refractivity contribution in [1.82, 2.24) is 0 Å². The van der Waals surface area contributed by atoms with E-state index in [1.54, 1.807) is 23.7 Å². The quantitative estimate of drug-likeness (QED) is 0.857. The third-order valence-electron chi connectivity index (χ3n) is 4.11. The van der Waals surface area contributed by atoms with Crippen molar-refractivity contribution in [2.24, 2.45) is 0 Å². The summed E-state index contributed by atoms with van der Waals surface area (Å²) in [4.78, 5) is 27.0. The molecule has 3 rings (SSSR count). The van der Waals surface area contributed by atoms with Crippen molar-refractivity contribution >= 4 is 35.0 Å². The fraction of sp³-hybridized carbons (Fsp3) is 0.263. The Kier molecular flexibility index (Phi) is 4.90. The molecule has 0 bridgehead atoms. The molecule has 0 unspecified atom stereocenters. The fourth-order valence-electron chi connectivity index (χ4n) is 2.87. The molecule has 5 heteroatoms. The Hall–Kier alpha value is -2.27. The van der Waals surface area contributed by atoms with E-state index in [1.165, 1.54) is 0 Å². The van der Waals surface area contributed by atoms with Gasteiger partial charge in [-0.05, 0) is 48.1 Å². The Morgan fingerprint density at radius 1 is 1.21 bits per heavy atom. The summed E-state index contributed by atoms with van der Waals surface area (Å²) in [6, 6.07) is 13.3. The third-order valence-corrected chi connectivity index (χ3v) is 5.07. The van der Waals surface area contributed by atoms with Gasteiger partial charge in [-0.1, -0.05) is 19.1 Å². The van der Waals surface area contributed by atoms with E-state index in [1.807, 2.05) is 42.5 Å². The van der Waals surface area contributed by atoms with Gasteiger partial charge in [-0.2, -0.15) is 0 Å². The molecule has 1 N–H and O–H groups in total. The predicted octanol–water partition coefficient (Wildman–Crippen LogP) is 3.96. The second-order valence-corrected chi connectivity index (χ2v) is 6.99. The number of benzene rings is 2. The Balaban J connectivity index is 1.82. The molecule has 0 atom stereocenters. The van der Waals surface area contributed by atoms with E-state index < -0.39 is 0 Å². The molecule has 0 aromatic heterocycles. The summed E-state index contributed by atoms with van der Waals surface area (Å²) in [6.07, 6.45) is 1.22. The Bertz CT molecular complexity index is 789. The van der Waals surface area contributed by atoms with Crippen molar-refractivity contribution in [3.05, 3.63) is 53.6 Å². The van der Waals surface area contributed by atoms with Gasteiger partial charge in [-0.3, -0.25) is 9.59 Å². The van der Waals surface area contributed by atoms with Crippen LogP contribution in [0.25, 0.3) is 0 Å². The molecule has 1 heterocycles. The van der Waals surface area contributed by atoms with Crippen LogP contribution in [-0.4, -0.2) is 24.6 Å². The first-order valence-electron chi connectivity index (χ1n) is 8.03. The number of rotatable bonds is 4. The minimum absolute atomic E-state index is 0.105. The lowest BCUT2D eigenvalue weighted by Gasteiger charge is -2.26. The zero-order valence-corrected chi connectivity index (χ0v) is 14.7. The highest BCUT2D eigenvalue weighted by Gasteiger charge is 2.21. The van der Waals surface area contributed by atoms with Crippen LogP contribution in [0, 0.1) is 0 Å². The van der Waals surface area contributed by atoms with Gasteiger partial charge in [0.15, 0.2) is 0 Å². The van der Waals surface area contributed by atoms with Crippen molar-refractivity contribution in [2.45, 2.75) is 24.7 Å². The maximum Gasteiger partial charge on any atom is 0.256 e. The molecule has 1 aliphatic rings. The summed E-state index contributed by atoms with van der Waals surface area (Å²) in [5, 5.41) is 2.98. The summed E-state index contributed by atoms with van der Waals surface area (Å²) in [5.41, 5.74) is 3.46. The van der Waals surface area contributed by atoms with Gasteiger partial charge in [0, 0.05) is 29.7 Å². The molecule has 124 valence electrons. The summed E-state index contributed by atoms with van der Waals surface area (Å²) in [6.45, 7) is 2.07. The number of hydrogen-bond acceptors (Lipinski definition) is 3. The zero-order chi connectivity index (χ0) is 17.1. The van der Waals surface area contributed by atoms with Gasteiger partial charge in [-0.15, -0.1) is 11.8 Å². The molecule has 2 amide bonds. The molecular weight excluding hydrogens is 320 g/mol. The predicted molar refractivity (Wildman–Crippen MR) is 99.0 cm³/mol. The van der Waals surface area contributed by atoms with Crippen LogP contribution in [-0.2, 0) is 11.2 Å². The maximum atomic E-state index is 12.6. The van der Waals surface area contributed by atoms with Crippen molar-refractivity contribution in [2.75, 3.05) is 23.0 Å². The number of fused-ring (bicyclic) bond motifs is 1. The average molecular weight is 340 g/mol. The van der Waals surface area contributed by atoms with Crippen LogP contribution >= 0.6 is 11.8 Å². The fourth-order valence-corrected chi connectivity index (χ4v) is 3.67. The Morgan fingerprint density at radius 3 is 2.79 bits per heavy atom. The molecule has 24 heavy (non-hydrogen) atoms. The molecule has 0 spiro atoms. The normalized spacial score (nSPS) is 13.6. The van der Waals surface area contributed by atoms with Gasteiger partial charge in [0.05, 0.1) is 5.56 Å². The highest BCUT2D eigenvalue weighted by molar-refractivity contribution is 7.99. The summed E-state index contributed by atoms with van der Waals surface area (Å²) >= 11 is 1.66. The van der Waals surface area contributed by atoms with E-state index in [0.717, 1.165) is 27.6 Å². The minimum atomic E-state index is -0.105. The molecule has 0 saturated heterocycles. The Labute approximate surface area is 146 Å². The topological polar surface area (TPSA) is 49.4 Å². The van der Waals surface area contributed by atoms with Gasteiger partial charge >= 0.3 is 0 Å². The van der Waals surface area contributed by atoms with Crippen LogP contribution in [0.15, 0.2) is 47.4 Å². The number of nitrogens with one attached hydrogen (secondary N) is 1. The second-order valence-electron chi connectivity index (χ2n) is 5.68. The average Bonchev–Trinajstić information content (AvgIpc) is 2.59. The van der Waals surface area contributed by atoms with E-state index in [0.29, 0.717) is 18.4 Å². The van der Waals surface area contributed by atoms with Crippen molar-refractivity contribution in [3.63, 3.8) is 0 Å². The monoisotopic (exact) mass is 340 g/mol. The molecule has 2 aromatic carbocycles. The minimum Gasteiger partial charge on any atom is -0.322 e. The maximum absolute atomic E-state index is 12.6. The van der Waals surface area contributed by atoms with E-state index >= 15 is 0 Å². The molecule has 0 fully saturated rings. The van der Waals surface area contributed by atoms with Crippen molar-refractivity contribution in [1.29, 1.82) is 0 Å². The van der Waals surface area contributed by atoms with Gasteiger partial charge in [0.1, 0.15) is 0 Å². The number of hydrogen-bond donors (Lipinski definition) is 1. The zero-order valence-electron chi connectivity index (χ0n) is 13.8. The van der Waals surface area contributed by atoms with E-state index in [4.69, 9.17) is 0 Å². The number of anilines is 2. The Morgan fingerprint density at radius 2 is 2.00 bits per heavy atom. The molecular formula is C19H20N2O2S. The lowest BCUT2D eigenvalue weighted by Crippen LogP contribution is -2.31. The number of amides is 2. The first kappa shape index (κ1) is 16.6. The van der Waals surface area contributed by atoms with E-state index in [9.17, 15) is 9.59 Å². The summed E-state index contributed by atoms with van der Waals surface area (Å²) in [5.74, 6) is 0.945. The number of nitrogens with zero attached hydrogens (tertiary/aromatic N) is 1. The van der Waals surface area contributed by atoms with Crippen LogP contribution in [0.3, 0.4) is 0 Å². The highest BCUT2D eigenvalue weighted by atomic mass is 32.2. The largest absolute Gasteiger partial charge is 0.322 e. The number of carbonyl (C=O) groups is 2. The number of aryl methyl sites for hydroxylation is 1. The van der Waals surface area contributed by atoms with E-state index in [-0.39, 0.29) is 11.8 Å². The second kappa shape index (κ2) is 7.09. The summed E-state index contributed by atoms with van der Waals surface area (Å²) < 4.78 is 0. The van der Waals surface area contributed by atoms with Crippen molar-refractivity contribution < 1.29 is 9.59 Å². The number of carbonyl (C=O) groups excluding carboxylic acids is 2. The van der Waals surface area contributed by atoms with Crippen molar-refractivity contribution in [3.8, 4) is 0 Å². The lowest BCUT2D eigenvalue weighted by atomic mass is 10.0. The summed E-state index contributed by atoms with van der Waals surface area (Å²) in [7, 11) is 1.79. The van der Waals surface area contributed by atoms with Gasteiger partial charge < -0.3 is 10.2 Å². The molecule has 0 radical (unpaired) electrons. The first-order valence-corrected chi connectivity index (χ1v) is 9.01. The third kappa shape index (κ3) is 3.31. The van der Waals surface area contributed by atoms with Crippen LogP contribution in [0.5, 0.6) is 0 Å². The smallest absolute Gasteiger partial charge is 0.256 e. The molecule has 0 saturated carbocycles. The van der Waals surface area contributed by atoms with Gasteiger partial charge in [-0.25, -0.2) is 0 Å². The van der Waals surface area contributed by atoms with Gasteiger partial charge in [0.2, 0.25) is 5.91 Å². The lowest BCUT2D eigenvalue weighted by molar-refractivity contribution is -0.118. The van der Waals surface area contributed by atoms with Crippen LogP contribution < -0.4 is 10.2 Å². The van der Waals surface area contributed by atoms with Crippen LogP contribution in [0.4, 0.5) is 11.4 Å². The van der Waals surface area contributed by atoms with Crippen LogP contribution in [0.2, 0.25) is 0 Å². The standard InChI is InChI=1S/C19H20N2O2S/c1-3-24-17-7-5-4-6-15(17)19(23)20-14-9-10-16-13(12-14)8-11-18(22)21(16)2/h4-7,9-10,12H,3,8,11H2,1-2H3,(H,20,23). The molecule has 0 aliphatic carbocycles. The van der Waals surface area contributed by atoms with E-state index in [2.05, 4.69) is 12.2 Å². The molecule has 4 nitrogen and oxygen atoms in total. The first-order chi connectivity index (χ1) is 11.6. The highest BCUT2D eigenvalue weighted by Crippen LogP contribution is 2.30. The molecule has 2 aromatic rings. The molecule has 1 aliphatic heterocycles.